The molecule has 108 valence electrons. The number of nitrogens with zero attached hydrogens (tertiary/aromatic N) is 3. The molecule has 0 unspecified atom stereocenters. The number of rotatable bonds is 4. The molecule has 0 radical (unpaired) electrons. The molecule has 4 rings (SSSR count). The van der Waals surface area contributed by atoms with Crippen LogP contribution in [0.4, 0.5) is 0 Å². The lowest BCUT2D eigenvalue weighted by Gasteiger charge is -2.05. The summed E-state index contributed by atoms with van der Waals surface area (Å²) in [6, 6.07) is 11.6. The molecule has 0 aliphatic rings. The molecule has 0 fully saturated rings. The predicted octanol–water partition coefficient (Wildman–Crippen LogP) is 3.46. The average Bonchev–Trinajstić information content (AvgIpc) is 3.21. The van der Waals surface area contributed by atoms with E-state index in [1.165, 1.54) is 6.33 Å². The third kappa shape index (κ3) is 2.20. The molecule has 0 aliphatic carbocycles. The standard InChI is InChI=1S/C16H11N3O3/c1-2-4-11(5-3-1)9-20-14-12-8-17-7-6-13(12)21-15(14)16-18-10-19-22-16/h1-8,10H,9H2. The van der Waals surface area contributed by atoms with Gasteiger partial charge >= 0.3 is 0 Å². The minimum Gasteiger partial charge on any atom is -0.484 e. The number of furan rings is 1. The zero-order valence-electron chi connectivity index (χ0n) is 11.5. The summed E-state index contributed by atoms with van der Waals surface area (Å²) in [5.74, 6) is 1.24. The van der Waals surface area contributed by atoms with E-state index in [0.29, 0.717) is 23.7 Å². The monoisotopic (exact) mass is 293 g/mol. The van der Waals surface area contributed by atoms with Gasteiger partial charge in [-0.3, -0.25) is 4.98 Å². The van der Waals surface area contributed by atoms with E-state index in [1.807, 2.05) is 30.3 Å². The fraction of sp³-hybridized carbons (Fsp3) is 0.0625. The molecule has 22 heavy (non-hydrogen) atoms. The molecule has 3 heterocycles. The second kappa shape index (κ2) is 5.33. The van der Waals surface area contributed by atoms with Crippen LogP contribution in [0.5, 0.6) is 5.75 Å². The molecule has 0 saturated heterocycles. The average molecular weight is 293 g/mol. The minimum absolute atomic E-state index is 0.277. The summed E-state index contributed by atoms with van der Waals surface area (Å²) in [6.45, 7) is 0.408. The molecule has 3 aromatic heterocycles. The van der Waals surface area contributed by atoms with Crippen molar-refractivity contribution in [3.8, 4) is 17.4 Å². The van der Waals surface area contributed by atoms with E-state index in [4.69, 9.17) is 13.7 Å². The lowest BCUT2D eigenvalue weighted by atomic mass is 10.2. The van der Waals surface area contributed by atoms with Crippen molar-refractivity contribution in [2.75, 3.05) is 0 Å². The van der Waals surface area contributed by atoms with Crippen molar-refractivity contribution in [3.63, 3.8) is 0 Å². The van der Waals surface area contributed by atoms with Gasteiger partial charge in [0.1, 0.15) is 12.2 Å². The molecule has 0 N–H and O–H groups in total. The summed E-state index contributed by atoms with van der Waals surface area (Å²) >= 11 is 0. The molecule has 0 amide bonds. The first kappa shape index (κ1) is 12.6. The molecule has 6 heteroatoms. The van der Waals surface area contributed by atoms with Gasteiger partial charge < -0.3 is 13.7 Å². The largest absolute Gasteiger partial charge is 0.484 e. The van der Waals surface area contributed by atoms with Gasteiger partial charge in [-0.05, 0) is 11.6 Å². The highest BCUT2D eigenvalue weighted by molar-refractivity contribution is 5.89. The molecule has 0 atom stereocenters. The van der Waals surface area contributed by atoms with E-state index in [9.17, 15) is 0 Å². The van der Waals surface area contributed by atoms with Crippen molar-refractivity contribution in [1.29, 1.82) is 0 Å². The Morgan fingerprint density at radius 3 is 2.82 bits per heavy atom. The molecule has 0 bridgehead atoms. The molecule has 1 aromatic carbocycles. The van der Waals surface area contributed by atoms with E-state index in [-0.39, 0.29) is 5.89 Å². The highest BCUT2D eigenvalue weighted by Gasteiger charge is 2.21. The molecule has 0 aliphatic heterocycles. The first-order valence-corrected chi connectivity index (χ1v) is 6.72. The Labute approximate surface area is 125 Å². The first-order chi connectivity index (χ1) is 10.9. The summed E-state index contributed by atoms with van der Waals surface area (Å²) in [5.41, 5.74) is 1.71. The van der Waals surface area contributed by atoms with Crippen LogP contribution in [0.1, 0.15) is 5.56 Å². The Hall–Kier alpha value is -3.15. The summed E-state index contributed by atoms with van der Waals surface area (Å²) in [5, 5.41) is 4.38. The van der Waals surface area contributed by atoms with Gasteiger partial charge in [-0.15, -0.1) is 0 Å². The molecule has 6 nitrogen and oxygen atoms in total. The maximum Gasteiger partial charge on any atom is 0.297 e. The van der Waals surface area contributed by atoms with Crippen LogP contribution >= 0.6 is 0 Å². The highest BCUT2D eigenvalue weighted by Crippen LogP contribution is 2.38. The van der Waals surface area contributed by atoms with Gasteiger partial charge in [0.15, 0.2) is 12.1 Å². The fourth-order valence-electron chi connectivity index (χ4n) is 2.21. The summed E-state index contributed by atoms with van der Waals surface area (Å²) in [7, 11) is 0. The Morgan fingerprint density at radius 2 is 2.00 bits per heavy atom. The van der Waals surface area contributed by atoms with Crippen molar-refractivity contribution in [1.82, 2.24) is 15.1 Å². The van der Waals surface area contributed by atoms with Crippen LogP contribution < -0.4 is 4.74 Å². The predicted molar refractivity (Wildman–Crippen MR) is 78.1 cm³/mol. The van der Waals surface area contributed by atoms with Gasteiger partial charge in [-0.2, -0.15) is 4.98 Å². The Morgan fingerprint density at radius 1 is 1.09 bits per heavy atom. The summed E-state index contributed by atoms with van der Waals surface area (Å²) < 4.78 is 16.8. The third-order valence-electron chi connectivity index (χ3n) is 3.23. The number of ether oxygens (including phenoxy) is 1. The van der Waals surface area contributed by atoms with E-state index in [1.54, 1.807) is 18.5 Å². The van der Waals surface area contributed by atoms with Gasteiger partial charge in [0.05, 0.1) is 5.39 Å². The van der Waals surface area contributed by atoms with Crippen molar-refractivity contribution in [2.24, 2.45) is 0 Å². The quantitative estimate of drug-likeness (QED) is 0.573. The van der Waals surface area contributed by atoms with Gasteiger partial charge in [0.25, 0.3) is 5.89 Å². The number of hydrogen-bond acceptors (Lipinski definition) is 6. The van der Waals surface area contributed by atoms with Gasteiger partial charge in [-0.25, -0.2) is 0 Å². The number of benzene rings is 1. The molecular weight excluding hydrogens is 282 g/mol. The van der Waals surface area contributed by atoms with Crippen LogP contribution in [0.3, 0.4) is 0 Å². The van der Waals surface area contributed by atoms with Gasteiger partial charge in [0.2, 0.25) is 5.76 Å². The SMILES string of the molecule is c1ccc(COc2c(-c3ncno3)oc3ccncc23)cc1. The zero-order chi connectivity index (χ0) is 14.8. The Bertz CT molecular complexity index is 886. The van der Waals surface area contributed by atoms with Crippen LogP contribution in [0.25, 0.3) is 22.6 Å². The van der Waals surface area contributed by atoms with Crippen LogP contribution in [-0.2, 0) is 6.61 Å². The van der Waals surface area contributed by atoms with Crippen LogP contribution in [0, 0.1) is 0 Å². The first-order valence-electron chi connectivity index (χ1n) is 6.72. The van der Waals surface area contributed by atoms with Crippen molar-refractivity contribution in [2.45, 2.75) is 6.61 Å². The fourth-order valence-corrected chi connectivity index (χ4v) is 2.21. The number of pyridine rings is 1. The lowest BCUT2D eigenvalue weighted by Crippen LogP contribution is -1.95. The maximum absolute atomic E-state index is 5.94. The number of fused-ring (bicyclic) bond motifs is 1. The highest BCUT2D eigenvalue weighted by atomic mass is 16.5. The second-order valence-electron chi connectivity index (χ2n) is 4.65. The normalized spacial score (nSPS) is 10.9. The third-order valence-corrected chi connectivity index (χ3v) is 3.23. The van der Waals surface area contributed by atoms with Crippen LogP contribution in [0.15, 0.2) is 64.1 Å². The van der Waals surface area contributed by atoms with E-state index in [2.05, 4.69) is 15.1 Å². The maximum atomic E-state index is 5.94. The van der Waals surface area contributed by atoms with E-state index < -0.39 is 0 Å². The Kier molecular flexibility index (Phi) is 3.05. The zero-order valence-corrected chi connectivity index (χ0v) is 11.5. The minimum atomic E-state index is 0.277. The smallest absolute Gasteiger partial charge is 0.297 e. The van der Waals surface area contributed by atoms with Gasteiger partial charge in [0, 0.05) is 12.4 Å². The summed E-state index contributed by atoms with van der Waals surface area (Å²) in [4.78, 5) is 8.14. The van der Waals surface area contributed by atoms with Gasteiger partial charge in [-0.1, -0.05) is 35.5 Å². The number of hydrogen-bond donors (Lipinski definition) is 0. The van der Waals surface area contributed by atoms with E-state index >= 15 is 0 Å². The number of aromatic nitrogens is 3. The molecule has 4 aromatic rings. The topological polar surface area (TPSA) is 74.2 Å². The van der Waals surface area contributed by atoms with E-state index in [0.717, 1.165) is 10.9 Å². The lowest BCUT2D eigenvalue weighted by molar-refractivity contribution is 0.304. The van der Waals surface area contributed by atoms with Crippen molar-refractivity contribution in [3.05, 3.63) is 60.7 Å². The van der Waals surface area contributed by atoms with Crippen molar-refractivity contribution >= 4 is 11.0 Å². The second-order valence-corrected chi connectivity index (χ2v) is 4.65. The van der Waals surface area contributed by atoms with Crippen LogP contribution in [0.2, 0.25) is 0 Å². The molecular formula is C16H11N3O3. The van der Waals surface area contributed by atoms with Crippen LogP contribution in [-0.4, -0.2) is 15.1 Å². The molecule has 0 saturated carbocycles. The summed E-state index contributed by atoms with van der Waals surface area (Å²) in [6.07, 6.45) is 4.67. The van der Waals surface area contributed by atoms with Crippen molar-refractivity contribution < 1.29 is 13.7 Å². The Balaban J connectivity index is 1.76. The molecule has 0 spiro atoms.